The lowest BCUT2D eigenvalue weighted by molar-refractivity contribution is -0.142. The number of halogens is 3. The predicted octanol–water partition coefficient (Wildman–Crippen LogP) is 4.46. The van der Waals surface area contributed by atoms with Gasteiger partial charge < -0.3 is 19.5 Å². The SMILES string of the molecule is N#C/C(=C\c1ccc2c(c1)OCO2)C(=O)OCC(=O)Nc1cc(Cl)c(Cl)cc1Cl. The van der Waals surface area contributed by atoms with Crippen LogP contribution in [0.4, 0.5) is 5.69 Å². The van der Waals surface area contributed by atoms with Crippen molar-refractivity contribution in [1.82, 2.24) is 0 Å². The van der Waals surface area contributed by atoms with Crippen molar-refractivity contribution in [2.45, 2.75) is 0 Å². The Morgan fingerprint density at radius 1 is 1.10 bits per heavy atom. The third-order valence-corrected chi connectivity index (χ3v) is 4.70. The van der Waals surface area contributed by atoms with Gasteiger partial charge in [-0.05, 0) is 35.9 Å². The van der Waals surface area contributed by atoms with Gasteiger partial charge in [0.25, 0.3) is 5.91 Å². The maximum absolute atomic E-state index is 12.1. The molecule has 1 N–H and O–H groups in total. The first-order valence-electron chi connectivity index (χ1n) is 8.00. The van der Waals surface area contributed by atoms with Gasteiger partial charge in [-0.15, -0.1) is 0 Å². The van der Waals surface area contributed by atoms with E-state index in [1.165, 1.54) is 18.2 Å². The van der Waals surface area contributed by atoms with Crippen molar-refractivity contribution >= 4 is 58.4 Å². The zero-order valence-electron chi connectivity index (χ0n) is 14.5. The molecular formula is C19H11Cl3N2O5. The minimum atomic E-state index is -0.958. The second-order valence-electron chi connectivity index (χ2n) is 5.65. The Hall–Kier alpha value is -2.92. The number of carbonyl (C=O) groups excluding carboxylic acids is 2. The normalized spacial score (nSPS) is 12.3. The summed E-state index contributed by atoms with van der Waals surface area (Å²) in [5.74, 6) is -0.553. The van der Waals surface area contributed by atoms with Gasteiger partial charge in [0, 0.05) is 0 Å². The number of nitrogens with one attached hydrogen (secondary N) is 1. The number of carbonyl (C=O) groups is 2. The molecule has 0 spiro atoms. The van der Waals surface area contributed by atoms with Crippen LogP contribution in [-0.2, 0) is 14.3 Å². The molecule has 148 valence electrons. The fourth-order valence-corrected chi connectivity index (χ4v) is 2.91. The number of hydrogen-bond acceptors (Lipinski definition) is 6. The number of nitriles is 1. The third kappa shape index (κ3) is 5.12. The van der Waals surface area contributed by atoms with E-state index in [4.69, 9.17) is 49.0 Å². The predicted molar refractivity (Wildman–Crippen MR) is 107 cm³/mol. The number of hydrogen-bond donors (Lipinski definition) is 1. The average molecular weight is 454 g/mol. The number of nitrogens with zero attached hydrogens (tertiary/aromatic N) is 1. The molecule has 1 heterocycles. The summed E-state index contributed by atoms with van der Waals surface area (Å²) in [6.07, 6.45) is 1.32. The van der Waals surface area contributed by atoms with Gasteiger partial charge in [-0.3, -0.25) is 4.79 Å². The molecule has 0 radical (unpaired) electrons. The molecule has 0 aliphatic carbocycles. The zero-order valence-corrected chi connectivity index (χ0v) is 16.8. The quantitative estimate of drug-likeness (QED) is 0.311. The van der Waals surface area contributed by atoms with E-state index in [-0.39, 0.29) is 33.1 Å². The number of ether oxygens (including phenoxy) is 3. The molecule has 0 fully saturated rings. The molecular weight excluding hydrogens is 443 g/mol. The van der Waals surface area contributed by atoms with Crippen LogP contribution < -0.4 is 14.8 Å². The number of amides is 1. The number of anilines is 1. The number of esters is 1. The van der Waals surface area contributed by atoms with Gasteiger partial charge in [0.2, 0.25) is 6.79 Å². The zero-order chi connectivity index (χ0) is 21.0. The molecule has 1 aliphatic rings. The van der Waals surface area contributed by atoms with E-state index in [2.05, 4.69) is 5.32 Å². The topological polar surface area (TPSA) is 97.7 Å². The van der Waals surface area contributed by atoms with E-state index < -0.39 is 18.5 Å². The Labute approximate surface area is 180 Å². The lowest BCUT2D eigenvalue weighted by atomic mass is 10.1. The van der Waals surface area contributed by atoms with Crippen LogP contribution in [0.25, 0.3) is 6.08 Å². The Morgan fingerprint density at radius 3 is 2.59 bits per heavy atom. The summed E-state index contributed by atoms with van der Waals surface area (Å²) in [7, 11) is 0. The summed E-state index contributed by atoms with van der Waals surface area (Å²) in [5, 5.41) is 12.3. The van der Waals surface area contributed by atoms with Gasteiger partial charge >= 0.3 is 5.97 Å². The summed E-state index contributed by atoms with van der Waals surface area (Å²) >= 11 is 17.7. The summed E-state index contributed by atoms with van der Waals surface area (Å²) in [4.78, 5) is 24.1. The second kappa shape index (κ2) is 9.05. The first kappa shape index (κ1) is 20.8. The molecule has 10 heteroatoms. The molecule has 2 aromatic carbocycles. The van der Waals surface area contributed by atoms with Gasteiger partial charge in [-0.25, -0.2) is 4.79 Å². The van der Waals surface area contributed by atoms with E-state index in [1.54, 1.807) is 24.3 Å². The molecule has 2 aromatic rings. The summed E-state index contributed by atoms with van der Waals surface area (Å²) in [5.41, 5.74) is 0.456. The fourth-order valence-electron chi connectivity index (χ4n) is 2.32. The van der Waals surface area contributed by atoms with Crippen molar-refractivity contribution in [2.75, 3.05) is 18.7 Å². The van der Waals surface area contributed by atoms with Crippen molar-refractivity contribution in [3.8, 4) is 17.6 Å². The molecule has 0 atom stereocenters. The molecule has 7 nitrogen and oxygen atoms in total. The van der Waals surface area contributed by atoms with Crippen molar-refractivity contribution in [1.29, 1.82) is 5.26 Å². The molecule has 0 saturated carbocycles. The maximum atomic E-state index is 12.1. The Bertz CT molecular complexity index is 1060. The summed E-state index contributed by atoms with van der Waals surface area (Å²) in [6.45, 7) is -0.525. The average Bonchev–Trinajstić information content (AvgIpc) is 3.16. The largest absolute Gasteiger partial charge is 0.454 e. The lowest BCUT2D eigenvalue weighted by Gasteiger charge is -2.09. The van der Waals surface area contributed by atoms with Gasteiger partial charge in [-0.1, -0.05) is 40.9 Å². The van der Waals surface area contributed by atoms with Crippen molar-refractivity contribution in [3.63, 3.8) is 0 Å². The van der Waals surface area contributed by atoms with Crippen molar-refractivity contribution in [3.05, 3.63) is 56.5 Å². The maximum Gasteiger partial charge on any atom is 0.349 e. The van der Waals surface area contributed by atoms with Crippen LogP contribution in [0.3, 0.4) is 0 Å². The van der Waals surface area contributed by atoms with Crippen LogP contribution in [-0.4, -0.2) is 25.3 Å². The highest BCUT2D eigenvalue weighted by molar-refractivity contribution is 6.44. The van der Waals surface area contributed by atoms with Gasteiger partial charge in [0.15, 0.2) is 18.1 Å². The molecule has 0 aromatic heterocycles. The molecule has 1 aliphatic heterocycles. The summed E-state index contributed by atoms with van der Waals surface area (Å²) in [6, 6.07) is 9.40. The number of rotatable bonds is 5. The van der Waals surface area contributed by atoms with Crippen LogP contribution in [0.15, 0.2) is 35.9 Å². The highest BCUT2D eigenvalue weighted by Gasteiger charge is 2.17. The van der Waals surface area contributed by atoms with Crippen LogP contribution >= 0.6 is 34.8 Å². The smallest absolute Gasteiger partial charge is 0.349 e. The molecule has 29 heavy (non-hydrogen) atoms. The standard InChI is InChI=1S/C19H11Cl3N2O5/c20-12-5-14(22)15(6-13(12)21)24-18(25)8-27-19(26)11(7-23)3-10-1-2-16-17(4-10)29-9-28-16/h1-6H,8-9H2,(H,24,25)/b11-3+. The number of benzene rings is 2. The molecule has 0 saturated heterocycles. The van der Waals surface area contributed by atoms with Gasteiger partial charge in [-0.2, -0.15) is 5.26 Å². The molecule has 1 amide bonds. The van der Waals surface area contributed by atoms with Crippen LogP contribution in [0, 0.1) is 11.3 Å². The Balaban J connectivity index is 1.62. The summed E-state index contributed by atoms with van der Waals surface area (Å²) < 4.78 is 15.3. The van der Waals surface area contributed by atoms with Crippen molar-refractivity contribution in [2.24, 2.45) is 0 Å². The number of fused-ring (bicyclic) bond motifs is 1. The van der Waals surface area contributed by atoms with E-state index in [0.29, 0.717) is 17.1 Å². The highest BCUT2D eigenvalue weighted by Crippen LogP contribution is 2.33. The van der Waals surface area contributed by atoms with Gasteiger partial charge in [0.1, 0.15) is 11.6 Å². The second-order valence-corrected chi connectivity index (χ2v) is 6.87. The Morgan fingerprint density at radius 2 is 1.83 bits per heavy atom. The molecule has 3 rings (SSSR count). The minimum absolute atomic E-state index is 0.105. The minimum Gasteiger partial charge on any atom is -0.454 e. The van der Waals surface area contributed by atoms with Crippen LogP contribution in [0.1, 0.15) is 5.56 Å². The van der Waals surface area contributed by atoms with Crippen LogP contribution in [0.5, 0.6) is 11.5 Å². The lowest BCUT2D eigenvalue weighted by Crippen LogP contribution is -2.21. The van der Waals surface area contributed by atoms with Crippen LogP contribution in [0.2, 0.25) is 15.1 Å². The monoisotopic (exact) mass is 452 g/mol. The van der Waals surface area contributed by atoms with E-state index in [9.17, 15) is 14.9 Å². The first-order valence-corrected chi connectivity index (χ1v) is 9.13. The van der Waals surface area contributed by atoms with Gasteiger partial charge in [0.05, 0.1) is 20.8 Å². The highest BCUT2D eigenvalue weighted by atomic mass is 35.5. The van der Waals surface area contributed by atoms with E-state index in [1.807, 2.05) is 0 Å². The third-order valence-electron chi connectivity index (χ3n) is 3.67. The first-order chi connectivity index (χ1) is 13.9. The van der Waals surface area contributed by atoms with E-state index in [0.717, 1.165) is 0 Å². The Kier molecular flexibility index (Phi) is 6.49. The van der Waals surface area contributed by atoms with Crippen molar-refractivity contribution < 1.29 is 23.8 Å². The van der Waals surface area contributed by atoms with E-state index >= 15 is 0 Å². The molecule has 0 unspecified atom stereocenters. The fraction of sp³-hybridized carbons (Fsp3) is 0.105. The molecule has 0 bridgehead atoms.